The molecule has 0 fully saturated rings. The van der Waals surface area contributed by atoms with Crippen LogP contribution in [-0.4, -0.2) is 13.1 Å². The molecule has 1 atom stereocenters. The predicted molar refractivity (Wildman–Crippen MR) is 52.3 cm³/mol. The van der Waals surface area contributed by atoms with Crippen LogP contribution in [0.3, 0.4) is 0 Å². The lowest BCUT2D eigenvalue weighted by Crippen LogP contribution is -2.32. The smallest absolute Gasteiger partial charge is 0.306 e. The Labute approximate surface area is 80.0 Å². The van der Waals surface area contributed by atoms with Gasteiger partial charge in [0.1, 0.15) is 0 Å². The van der Waals surface area contributed by atoms with E-state index in [1.165, 1.54) is 7.11 Å². The van der Waals surface area contributed by atoms with Crippen LogP contribution in [0, 0.1) is 10.8 Å². The van der Waals surface area contributed by atoms with Gasteiger partial charge in [0.25, 0.3) is 0 Å². The van der Waals surface area contributed by atoms with Crippen molar-refractivity contribution in [2.45, 2.75) is 33.6 Å². The summed E-state index contributed by atoms with van der Waals surface area (Å²) in [4.78, 5) is 11.2. The van der Waals surface area contributed by atoms with Gasteiger partial charge in [0.05, 0.1) is 13.5 Å². The van der Waals surface area contributed by atoms with E-state index in [2.05, 4.69) is 32.9 Å². The highest BCUT2D eigenvalue weighted by Crippen LogP contribution is 2.50. The number of esters is 1. The number of hydrogen-bond donors (Lipinski definition) is 0. The zero-order valence-corrected chi connectivity index (χ0v) is 8.89. The highest BCUT2D eigenvalue weighted by Gasteiger charge is 2.43. The molecule has 1 aliphatic rings. The second-order valence-corrected chi connectivity index (χ2v) is 4.64. The molecule has 74 valence electrons. The van der Waals surface area contributed by atoms with E-state index in [-0.39, 0.29) is 16.8 Å². The van der Waals surface area contributed by atoms with Crippen molar-refractivity contribution < 1.29 is 9.53 Å². The molecule has 0 aromatic carbocycles. The van der Waals surface area contributed by atoms with Crippen molar-refractivity contribution in [3.05, 3.63) is 12.2 Å². The summed E-state index contributed by atoms with van der Waals surface area (Å²) in [6.07, 6.45) is 5.82. The van der Waals surface area contributed by atoms with Crippen LogP contribution in [0.4, 0.5) is 0 Å². The average molecular weight is 182 g/mol. The van der Waals surface area contributed by atoms with E-state index in [9.17, 15) is 4.79 Å². The molecule has 0 N–H and O–H groups in total. The van der Waals surface area contributed by atoms with E-state index in [0.29, 0.717) is 6.42 Å². The largest absolute Gasteiger partial charge is 0.469 e. The molecule has 0 aromatic heterocycles. The Morgan fingerprint density at radius 3 is 2.46 bits per heavy atom. The fourth-order valence-corrected chi connectivity index (χ4v) is 1.77. The molecule has 0 amide bonds. The van der Waals surface area contributed by atoms with E-state index < -0.39 is 0 Å². The molecule has 0 saturated carbocycles. The van der Waals surface area contributed by atoms with Crippen LogP contribution < -0.4 is 0 Å². The van der Waals surface area contributed by atoms with Crippen LogP contribution in [-0.2, 0) is 9.53 Å². The topological polar surface area (TPSA) is 26.3 Å². The van der Waals surface area contributed by atoms with E-state index >= 15 is 0 Å². The van der Waals surface area contributed by atoms with E-state index in [0.717, 1.165) is 6.42 Å². The molecule has 0 unspecified atom stereocenters. The summed E-state index contributed by atoms with van der Waals surface area (Å²) < 4.78 is 4.70. The molecule has 2 heteroatoms. The lowest BCUT2D eigenvalue weighted by Gasteiger charge is -2.37. The summed E-state index contributed by atoms with van der Waals surface area (Å²) in [5.41, 5.74) is 0.126. The lowest BCUT2D eigenvalue weighted by atomic mass is 9.67. The number of rotatable bonds is 2. The van der Waals surface area contributed by atoms with Gasteiger partial charge in [-0.15, -0.1) is 0 Å². The molecule has 0 radical (unpaired) electrons. The number of allylic oxidation sites excluding steroid dienone is 2. The zero-order chi connectivity index (χ0) is 10.1. The van der Waals surface area contributed by atoms with Crippen molar-refractivity contribution in [1.82, 2.24) is 0 Å². The normalized spacial score (nSPS) is 30.5. The fraction of sp³-hybridized carbons (Fsp3) is 0.727. The lowest BCUT2D eigenvalue weighted by molar-refractivity contribution is -0.144. The number of hydrogen-bond acceptors (Lipinski definition) is 2. The van der Waals surface area contributed by atoms with Crippen LogP contribution in [0.15, 0.2) is 12.2 Å². The number of ether oxygens (including phenoxy) is 1. The third-order valence-electron chi connectivity index (χ3n) is 3.42. The van der Waals surface area contributed by atoms with Crippen LogP contribution in [0.1, 0.15) is 33.6 Å². The van der Waals surface area contributed by atoms with Crippen molar-refractivity contribution in [1.29, 1.82) is 0 Å². The standard InChI is InChI=1S/C11H18O2/c1-10(2)6-5-7-11(10,3)8-9(12)13-4/h5-6H,7-8H2,1-4H3/t11-/m0/s1. The van der Waals surface area contributed by atoms with Gasteiger partial charge in [-0.25, -0.2) is 0 Å². The monoisotopic (exact) mass is 182 g/mol. The molecular weight excluding hydrogens is 164 g/mol. The van der Waals surface area contributed by atoms with Gasteiger partial charge in [-0.1, -0.05) is 32.9 Å². The summed E-state index contributed by atoms with van der Waals surface area (Å²) in [6, 6.07) is 0. The molecule has 13 heavy (non-hydrogen) atoms. The summed E-state index contributed by atoms with van der Waals surface area (Å²) in [7, 11) is 1.45. The van der Waals surface area contributed by atoms with Gasteiger partial charge in [0, 0.05) is 0 Å². The van der Waals surface area contributed by atoms with E-state index in [4.69, 9.17) is 4.74 Å². The summed E-state index contributed by atoms with van der Waals surface area (Å²) >= 11 is 0. The van der Waals surface area contributed by atoms with Gasteiger partial charge >= 0.3 is 5.97 Å². The summed E-state index contributed by atoms with van der Waals surface area (Å²) in [5, 5.41) is 0. The molecule has 0 spiro atoms. The van der Waals surface area contributed by atoms with Crippen molar-refractivity contribution in [2.75, 3.05) is 7.11 Å². The first kappa shape index (κ1) is 10.3. The van der Waals surface area contributed by atoms with Gasteiger partial charge in [-0.3, -0.25) is 4.79 Å². The highest BCUT2D eigenvalue weighted by atomic mass is 16.5. The molecule has 0 aromatic rings. The van der Waals surface area contributed by atoms with Gasteiger partial charge in [0.15, 0.2) is 0 Å². The third kappa shape index (κ3) is 1.77. The van der Waals surface area contributed by atoms with Gasteiger partial charge in [0.2, 0.25) is 0 Å². The van der Waals surface area contributed by atoms with Crippen molar-refractivity contribution in [2.24, 2.45) is 10.8 Å². The predicted octanol–water partition coefficient (Wildman–Crippen LogP) is 2.54. The quantitative estimate of drug-likeness (QED) is 0.484. The van der Waals surface area contributed by atoms with Crippen LogP contribution in [0.5, 0.6) is 0 Å². The van der Waals surface area contributed by atoms with Gasteiger partial charge in [-0.2, -0.15) is 0 Å². The molecule has 1 rings (SSSR count). The Morgan fingerprint density at radius 1 is 1.46 bits per heavy atom. The average Bonchev–Trinajstić information content (AvgIpc) is 2.26. The Kier molecular flexibility index (Phi) is 2.51. The highest BCUT2D eigenvalue weighted by molar-refractivity contribution is 5.70. The van der Waals surface area contributed by atoms with Crippen molar-refractivity contribution in [3.63, 3.8) is 0 Å². The third-order valence-corrected chi connectivity index (χ3v) is 3.42. The summed E-state index contributed by atoms with van der Waals surface area (Å²) in [5.74, 6) is -0.112. The van der Waals surface area contributed by atoms with Crippen LogP contribution in [0.2, 0.25) is 0 Å². The maximum Gasteiger partial charge on any atom is 0.306 e. The van der Waals surface area contributed by atoms with Crippen molar-refractivity contribution >= 4 is 5.97 Å². The zero-order valence-electron chi connectivity index (χ0n) is 8.89. The molecule has 0 bridgehead atoms. The van der Waals surface area contributed by atoms with Crippen LogP contribution >= 0.6 is 0 Å². The second-order valence-electron chi connectivity index (χ2n) is 4.64. The van der Waals surface area contributed by atoms with E-state index in [1.807, 2.05) is 0 Å². The van der Waals surface area contributed by atoms with Gasteiger partial charge < -0.3 is 4.74 Å². The first-order chi connectivity index (χ1) is 5.91. The Balaban J connectivity index is 2.73. The number of carbonyl (C=O) groups is 1. The maximum atomic E-state index is 11.2. The number of carbonyl (C=O) groups excluding carboxylic acids is 1. The van der Waals surface area contributed by atoms with Crippen molar-refractivity contribution in [3.8, 4) is 0 Å². The Hall–Kier alpha value is -0.790. The maximum absolute atomic E-state index is 11.2. The Bertz CT molecular complexity index is 240. The molecule has 0 saturated heterocycles. The molecule has 0 heterocycles. The first-order valence-corrected chi connectivity index (χ1v) is 4.66. The SMILES string of the molecule is COC(=O)C[C@]1(C)CC=CC1(C)C. The number of methoxy groups -OCH3 is 1. The molecule has 1 aliphatic carbocycles. The summed E-state index contributed by atoms with van der Waals surface area (Å²) in [6.45, 7) is 6.48. The second kappa shape index (κ2) is 3.17. The molecule has 0 aliphatic heterocycles. The minimum Gasteiger partial charge on any atom is -0.469 e. The fourth-order valence-electron chi connectivity index (χ4n) is 1.77. The Morgan fingerprint density at radius 2 is 2.08 bits per heavy atom. The molecule has 2 nitrogen and oxygen atoms in total. The van der Waals surface area contributed by atoms with Gasteiger partial charge in [-0.05, 0) is 17.3 Å². The van der Waals surface area contributed by atoms with Crippen LogP contribution in [0.25, 0.3) is 0 Å². The minimum atomic E-state index is -0.112. The first-order valence-electron chi connectivity index (χ1n) is 4.66. The molecular formula is C11H18O2. The van der Waals surface area contributed by atoms with E-state index in [1.54, 1.807) is 0 Å². The minimum absolute atomic E-state index is 0.0279.